The molecule has 1 heterocycles. The van der Waals surface area contributed by atoms with Gasteiger partial charge in [-0.15, -0.1) is 0 Å². The van der Waals surface area contributed by atoms with Crippen LogP contribution in [0.25, 0.3) is 0 Å². The van der Waals surface area contributed by atoms with Gasteiger partial charge in [0.25, 0.3) is 0 Å². The molecule has 3 amide bonds. The predicted molar refractivity (Wildman–Crippen MR) is 76.3 cm³/mol. The number of nitrogens with one attached hydrogen (secondary N) is 2. The molecule has 6 heteroatoms. The van der Waals surface area contributed by atoms with E-state index in [1.165, 1.54) is 12.1 Å². The molecule has 1 aromatic rings. The van der Waals surface area contributed by atoms with E-state index in [0.29, 0.717) is 13.1 Å². The van der Waals surface area contributed by atoms with Crippen molar-refractivity contribution in [3.8, 4) is 0 Å². The number of hydrogen-bond donors (Lipinski definition) is 2. The van der Waals surface area contributed by atoms with Gasteiger partial charge >= 0.3 is 6.03 Å². The summed E-state index contributed by atoms with van der Waals surface area (Å²) in [5.74, 6) is -0.0607. The van der Waals surface area contributed by atoms with Gasteiger partial charge in [0.05, 0.1) is 5.69 Å². The van der Waals surface area contributed by atoms with Crippen molar-refractivity contribution in [1.82, 2.24) is 10.2 Å². The largest absolute Gasteiger partial charge is 0.340 e. The molecular formula is C15H18FN3O2. The molecule has 112 valence electrons. The summed E-state index contributed by atoms with van der Waals surface area (Å²) in [6.45, 7) is 1.22. The fourth-order valence-electron chi connectivity index (χ4n) is 2.57. The highest BCUT2D eigenvalue weighted by atomic mass is 19.1. The molecule has 0 aromatic heterocycles. The number of hydrogen-bond acceptors (Lipinski definition) is 2. The third-order valence-electron chi connectivity index (χ3n) is 3.88. The summed E-state index contributed by atoms with van der Waals surface area (Å²) in [5.41, 5.74) is 0.152. The molecule has 1 aliphatic carbocycles. The Kier molecular flexibility index (Phi) is 3.77. The number of carbonyl (C=O) groups is 2. The second-order valence-electron chi connectivity index (χ2n) is 5.62. The number of halogens is 1. The van der Waals surface area contributed by atoms with Crippen LogP contribution in [0.3, 0.4) is 0 Å². The molecule has 0 spiro atoms. The Morgan fingerprint density at radius 3 is 2.67 bits per heavy atom. The van der Waals surface area contributed by atoms with E-state index in [9.17, 15) is 14.0 Å². The molecule has 0 radical (unpaired) electrons. The lowest BCUT2D eigenvalue weighted by Crippen LogP contribution is -2.41. The summed E-state index contributed by atoms with van der Waals surface area (Å²) in [6, 6.07) is 5.51. The summed E-state index contributed by atoms with van der Waals surface area (Å²) >= 11 is 0. The number of carbonyl (C=O) groups excluding carboxylic acids is 2. The third-order valence-corrected chi connectivity index (χ3v) is 3.88. The number of amides is 3. The van der Waals surface area contributed by atoms with E-state index in [-0.39, 0.29) is 23.6 Å². The fraction of sp³-hybridized carbons (Fsp3) is 0.467. The van der Waals surface area contributed by atoms with E-state index in [0.717, 1.165) is 19.3 Å². The molecule has 1 saturated heterocycles. The van der Waals surface area contributed by atoms with Crippen molar-refractivity contribution in [2.45, 2.75) is 25.3 Å². The Labute approximate surface area is 122 Å². The van der Waals surface area contributed by atoms with Crippen molar-refractivity contribution in [2.75, 3.05) is 18.4 Å². The normalized spacial score (nSPS) is 21.2. The molecule has 1 saturated carbocycles. The van der Waals surface area contributed by atoms with E-state index < -0.39 is 11.8 Å². The minimum absolute atomic E-state index is 0.0699. The summed E-state index contributed by atoms with van der Waals surface area (Å²) < 4.78 is 13.4. The van der Waals surface area contributed by atoms with Crippen molar-refractivity contribution in [3.63, 3.8) is 0 Å². The van der Waals surface area contributed by atoms with Crippen LogP contribution in [0.15, 0.2) is 24.3 Å². The summed E-state index contributed by atoms with van der Waals surface area (Å²) in [5, 5.41) is 5.28. The smallest absolute Gasteiger partial charge is 0.319 e. The summed E-state index contributed by atoms with van der Waals surface area (Å²) in [6.07, 6.45) is 2.71. The van der Waals surface area contributed by atoms with E-state index in [1.54, 1.807) is 12.1 Å². The molecule has 0 unspecified atom stereocenters. The van der Waals surface area contributed by atoms with E-state index >= 15 is 0 Å². The van der Waals surface area contributed by atoms with Gasteiger partial charge in [-0.05, 0) is 31.4 Å². The fourth-order valence-corrected chi connectivity index (χ4v) is 2.57. The molecule has 2 fully saturated rings. The molecule has 1 aliphatic heterocycles. The lowest BCUT2D eigenvalue weighted by molar-refractivity contribution is -0.131. The zero-order valence-electron chi connectivity index (χ0n) is 11.6. The van der Waals surface area contributed by atoms with Crippen LogP contribution in [-0.2, 0) is 4.79 Å². The number of likely N-dealkylation sites (tertiary alicyclic amines) is 1. The standard InChI is InChI=1S/C15H18FN3O2/c16-12-3-1-2-4-13(12)18-15(21)17-11-7-8-19(9-11)14(20)10-5-6-10/h1-4,10-11H,5-9H2,(H2,17,18,21)/t11-/m1/s1. The molecule has 3 rings (SSSR count). The quantitative estimate of drug-likeness (QED) is 0.894. The first-order valence-corrected chi connectivity index (χ1v) is 7.24. The molecule has 1 aromatic carbocycles. The zero-order chi connectivity index (χ0) is 14.8. The Hall–Kier alpha value is -2.11. The first kappa shape index (κ1) is 13.9. The van der Waals surface area contributed by atoms with Crippen molar-refractivity contribution >= 4 is 17.6 Å². The Bertz CT molecular complexity index is 560. The van der Waals surface area contributed by atoms with Crippen LogP contribution < -0.4 is 10.6 Å². The van der Waals surface area contributed by atoms with Gasteiger partial charge in [-0.25, -0.2) is 9.18 Å². The van der Waals surface area contributed by atoms with Crippen LogP contribution in [0, 0.1) is 11.7 Å². The number of anilines is 1. The molecule has 2 N–H and O–H groups in total. The van der Waals surface area contributed by atoms with Gasteiger partial charge < -0.3 is 15.5 Å². The average Bonchev–Trinajstić information content (AvgIpc) is 3.21. The maximum Gasteiger partial charge on any atom is 0.319 e. The maximum absolute atomic E-state index is 13.4. The van der Waals surface area contributed by atoms with Crippen molar-refractivity contribution in [2.24, 2.45) is 5.92 Å². The Morgan fingerprint density at radius 1 is 1.19 bits per heavy atom. The highest BCUT2D eigenvalue weighted by molar-refractivity contribution is 5.89. The van der Waals surface area contributed by atoms with Gasteiger partial charge in [0.2, 0.25) is 5.91 Å². The van der Waals surface area contributed by atoms with Gasteiger partial charge in [-0.1, -0.05) is 12.1 Å². The van der Waals surface area contributed by atoms with Gasteiger partial charge in [0, 0.05) is 25.0 Å². The molecule has 0 bridgehead atoms. The first-order chi connectivity index (χ1) is 10.1. The monoisotopic (exact) mass is 291 g/mol. The van der Waals surface area contributed by atoms with Crippen LogP contribution in [0.4, 0.5) is 14.9 Å². The van der Waals surface area contributed by atoms with Gasteiger partial charge in [0.1, 0.15) is 5.82 Å². The van der Waals surface area contributed by atoms with Gasteiger partial charge in [0.15, 0.2) is 0 Å². The van der Waals surface area contributed by atoms with E-state index in [1.807, 2.05) is 4.90 Å². The molecule has 1 atom stereocenters. The van der Waals surface area contributed by atoms with E-state index in [2.05, 4.69) is 10.6 Å². The lowest BCUT2D eigenvalue weighted by atomic mass is 10.2. The van der Waals surface area contributed by atoms with E-state index in [4.69, 9.17) is 0 Å². The molecule has 5 nitrogen and oxygen atoms in total. The number of nitrogens with zero attached hydrogens (tertiary/aromatic N) is 1. The van der Waals surface area contributed by atoms with Crippen LogP contribution in [0.1, 0.15) is 19.3 Å². The zero-order valence-corrected chi connectivity index (χ0v) is 11.6. The highest BCUT2D eigenvalue weighted by Crippen LogP contribution is 2.32. The van der Waals surface area contributed by atoms with Crippen LogP contribution in [-0.4, -0.2) is 36.0 Å². The highest BCUT2D eigenvalue weighted by Gasteiger charge is 2.36. The van der Waals surface area contributed by atoms with Crippen LogP contribution in [0.5, 0.6) is 0 Å². The number of rotatable bonds is 3. The molecule has 21 heavy (non-hydrogen) atoms. The SMILES string of the molecule is O=C(Nc1ccccc1F)N[C@@H]1CCN(C(=O)C2CC2)C1. The molecule has 2 aliphatic rings. The molecular weight excluding hydrogens is 273 g/mol. The first-order valence-electron chi connectivity index (χ1n) is 7.24. The topological polar surface area (TPSA) is 61.4 Å². The number of benzene rings is 1. The van der Waals surface area contributed by atoms with Crippen LogP contribution >= 0.6 is 0 Å². The average molecular weight is 291 g/mol. The maximum atomic E-state index is 13.4. The number of urea groups is 1. The second-order valence-corrected chi connectivity index (χ2v) is 5.62. The van der Waals surface area contributed by atoms with Crippen molar-refractivity contribution in [3.05, 3.63) is 30.1 Å². The Morgan fingerprint density at radius 2 is 1.95 bits per heavy atom. The minimum Gasteiger partial charge on any atom is -0.340 e. The second kappa shape index (κ2) is 5.71. The lowest BCUT2D eigenvalue weighted by Gasteiger charge is -2.17. The minimum atomic E-state index is -0.468. The third kappa shape index (κ3) is 3.32. The van der Waals surface area contributed by atoms with Gasteiger partial charge in [-0.3, -0.25) is 4.79 Å². The predicted octanol–water partition coefficient (Wildman–Crippen LogP) is 1.96. The summed E-state index contributed by atoms with van der Waals surface area (Å²) in [4.78, 5) is 25.6. The van der Waals surface area contributed by atoms with Crippen molar-refractivity contribution in [1.29, 1.82) is 0 Å². The number of para-hydroxylation sites is 1. The van der Waals surface area contributed by atoms with Crippen LogP contribution in [0.2, 0.25) is 0 Å². The Balaban J connectivity index is 1.49. The van der Waals surface area contributed by atoms with Gasteiger partial charge in [-0.2, -0.15) is 0 Å². The summed E-state index contributed by atoms with van der Waals surface area (Å²) in [7, 11) is 0. The van der Waals surface area contributed by atoms with Crippen molar-refractivity contribution < 1.29 is 14.0 Å².